The van der Waals surface area contributed by atoms with Gasteiger partial charge in [-0.05, 0) is 44.2 Å². The van der Waals surface area contributed by atoms with Crippen molar-refractivity contribution >= 4 is 39.7 Å². The maximum Gasteiger partial charge on any atom is 0.252 e. The van der Waals surface area contributed by atoms with Crippen LogP contribution in [0.3, 0.4) is 0 Å². The lowest BCUT2D eigenvalue weighted by atomic mass is 10.0. The van der Waals surface area contributed by atoms with Crippen LogP contribution in [0.1, 0.15) is 37.0 Å². The summed E-state index contributed by atoms with van der Waals surface area (Å²) in [6.07, 6.45) is 5.19. The number of halogens is 1. The standard InChI is InChI=1S/C16H25N3O3S2.ClH/c17-12-13-5-1-2-10-19(13)15(20)11-14-6-7-16(23-14)24(21,22)18-8-3-4-9-18;/h6-7,13H,1-5,8-12,17H2;1H. The van der Waals surface area contributed by atoms with Gasteiger partial charge in [-0.1, -0.05) is 0 Å². The Bertz CT molecular complexity index is 687. The number of thiophene rings is 1. The third-order valence-electron chi connectivity index (χ3n) is 4.84. The number of likely N-dealkylation sites (tertiary alicyclic amines) is 1. The number of amides is 1. The third-order valence-corrected chi connectivity index (χ3v) is 8.29. The first kappa shape index (κ1) is 20.6. The normalized spacial score (nSPS) is 22.0. The maximum atomic E-state index is 12.6. The van der Waals surface area contributed by atoms with E-state index < -0.39 is 10.0 Å². The van der Waals surface area contributed by atoms with Crippen LogP contribution in [-0.2, 0) is 21.2 Å². The minimum Gasteiger partial charge on any atom is -0.338 e. The molecule has 2 aliphatic rings. The number of carbonyl (C=O) groups is 1. The van der Waals surface area contributed by atoms with Crippen LogP contribution in [0.4, 0.5) is 0 Å². The SMILES string of the molecule is Cl.NCC1CCCCN1C(=O)Cc1ccc(S(=O)(=O)N2CCCC2)s1. The number of hydrogen-bond acceptors (Lipinski definition) is 5. The Hall–Kier alpha value is -0.670. The maximum absolute atomic E-state index is 12.6. The second-order valence-corrected chi connectivity index (χ2v) is 9.81. The molecule has 0 spiro atoms. The highest BCUT2D eigenvalue weighted by molar-refractivity contribution is 7.91. The zero-order chi connectivity index (χ0) is 17.2. The van der Waals surface area contributed by atoms with Gasteiger partial charge in [-0.3, -0.25) is 4.79 Å². The van der Waals surface area contributed by atoms with Crippen molar-refractivity contribution in [3.05, 3.63) is 17.0 Å². The van der Waals surface area contributed by atoms with E-state index >= 15 is 0 Å². The predicted molar refractivity (Wildman–Crippen MR) is 102 cm³/mol. The second-order valence-electron chi connectivity index (χ2n) is 6.48. The van der Waals surface area contributed by atoms with E-state index in [0.29, 0.717) is 23.8 Å². The summed E-state index contributed by atoms with van der Waals surface area (Å²) in [6.45, 7) is 2.44. The fourth-order valence-corrected chi connectivity index (χ4v) is 6.49. The number of rotatable bonds is 5. The molecule has 2 aliphatic heterocycles. The molecule has 0 aliphatic carbocycles. The van der Waals surface area contributed by atoms with E-state index in [9.17, 15) is 13.2 Å². The molecule has 25 heavy (non-hydrogen) atoms. The quantitative estimate of drug-likeness (QED) is 0.807. The van der Waals surface area contributed by atoms with Crippen molar-refractivity contribution in [1.29, 1.82) is 0 Å². The van der Waals surface area contributed by atoms with Gasteiger partial charge >= 0.3 is 0 Å². The van der Waals surface area contributed by atoms with Crippen LogP contribution < -0.4 is 5.73 Å². The summed E-state index contributed by atoms with van der Waals surface area (Å²) in [5.41, 5.74) is 5.78. The number of nitrogens with two attached hydrogens (primary N) is 1. The van der Waals surface area contributed by atoms with Crippen molar-refractivity contribution in [1.82, 2.24) is 9.21 Å². The van der Waals surface area contributed by atoms with Crippen molar-refractivity contribution in [3.63, 3.8) is 0 Å². The minimum absolute atomic E-state index is 0. The molecule has 0 saturated carbocycles. The van der Waals surface area contributed by atoms with Gasteiger partial charge in [0.15, 0.2) is 0 Å². The van der Waals surface area contributed by atoms with Gasteiger partial charge in [0, 0.05) is 37.1 Å². The first-order valence-electron chi connectivity index (χ1n) is 8.61. The van der Waals surface area contributed by atoms with E-state index in [1.54, 1.807) is 16.4 Å². The summed E-state index contributed by atoms with van der Waals surface area (Å²) in [4.78, 5) is 15.2. The highest BCUT2D eigenvalue weighted by Gasteiger charge is 2.30. The van der Waals surface area contributed by atoms with Gasteiger partial charge in [-0.25, -0.2) is 8.42 Å². The third kappa shape index (κ3) is 4.54. The van der Waals surface area contributed by atoms with Crippen molar-refractivity contribution in [3.8, 4) is 0 Å². The van der Waals surface area contributed by atoms with E-state index in [1.807, 2.05) is 4.90 Å². The highest BCUT2D eigenvalue weighted by atomic mass is 35.5. The first-order chi connectivity index (χ1) is 11.5. The lowest BCUT2D eigenvalue weighted by Gasteiger charge is -2.35. The molecular formula is C16H26ClN3O3S2. The van der Waals surface area contributed by atoms with Crippen LogP contribution in [0.15, 0.2) is 16.3 Å². The Morgan fingerprint density at radius 1 is 1.16 bits per heavy atom. The second kappa shape index (κ2) is 8.81. The fourth-order valence-electron chi connectivity index (χ4n) is 3.47. The lowest BCUT2D eigenvalue weighted by Crippen LogP contribution is -2.47. The smallest absolute Gasteiger partial charge is 0.252 e. The topological polar surface area (TPSA) is 83.7 Å². The van der Waals surface area contributed by atoms with Crippen LogP contribution in [0, 0.1) is 0 Å². The van der Waals surface area contributed by atoms with Gasteiger partial charge in [0.25, 0.3) is 10.0 Å². The molecule has 3 rings (SSSR count). The monoisotopic (exact) mass is 407 g/mol. The van der Waals surface area contributed by atoms with Gasteiger partial charge in [0.05, 0.1) is 6.42 Å². The summed E-state index contributed by atoms with van der Waals surface area (Å²) in [5.74, 6) is 0.0529. The molecule has 142 valence electrons. The Kier molecular flexibility index (Phi) is 7.28. The molecule has 1 atom stereocenters. The van der Waals surface area contributed by atoms with Crippen molar-refractivity contribution in [2.75, 3.05) is 26.2 Å². The van der Waals surface area contributed by atoms with Gasteiger partial charge in [-0.2, -0.15) is 4.31 Å². The van der Waals surface area contributed by atoms with Crippen molar-refractivity contribution in [2.24, 2.45) is 5.73 Å². The Morgan fingerprint density at radius 3 is 2.52 bits per heavy atom. The van der Waals surface area contributed by atoms with E-state index in [4.69, 9.17) is 5.73 Å². The molecule has 9 heteroatoms. The van der Waals surface area contributed by atoms with Crippen LogP contribution in [0.5, 0.6) is 0 Å². The van der Waals surface area contributed by atoms with Crippen LogP contribution >= 0.6 is 23.7 Å². The average Bonchev–Trinajstić information content (AvgIpc) is 3.27. The Balaban J connectivity index is 0.00000225. The van der Waals surface area contributed by atoms with Gasteiger partial charge in [0.2, 0.25) is 5.91 Å². The molecule has 0 aromatic carbocycles. The van der Waals surface area contributed by atoms with Gasteiger partial charge in [-0.15, -0.1) is 23.7 Å². The zero-order valence-corrected chi connectivity index (χ0v) is 16.7. The lowest BCUT2D eigenvalue weighted by molar-refractivity contribution is -0.133. The number of nitrogens with zero attached hydrogens (tertiary/aromatic N) is 2. The molecule has 1 amide bonds. The molecule has 2 N–H and O–H groups in total. The fraction of sp³-hybridized carbons (Fsp3) is 0.688. The summed E-state index contributed by atoms with van der Waals surface area (Å²) in [5, 5.41) is 0. The Morgan fingerprint density at radius 2 is 1.84 bits per heavy atom. The first-order valence-corrected chi connectivity index (χ1v) is 10.9. The average molecular weight is 408 g/mol. The van der Waals surface area contributed by atoms with Crippen LogP contribution in [-0.4, -0.2) is 55.8 Å². The molecular weight excluding hydrogens is 382 g/mol. The van der Waals surface area contributed by atoms with Gasteiger partial charge < -0.3 is 10.6 Å². The number of carbonyl (C=O) groups excluding carboxylic acids is 1. The summed E-state index contributed by atoms with van der Waals surface area (Å²) in [6, 6.07) is 3.53. The van der Waals surface area contributed by atoms with Gasteiger partial charge in [0.1, 0.15) is 4.21 Å². The molecule has 1 aromatic heterocycles. The van der Waals surface area contributed by atoms with E-state index in [2.05, 4.69) is 0 Å². The largest absolute Gasteiger partial charge is 0.338 e. The Labute approximate surface area is 159 Å². The van der Waals surface area contributed by atoms with E-state index in [0.717, 1.165) is 43.5 Å². The molecule has 3 heterocycles. The van der Waals surface area contributed by atoms with E-state index in [-0.39, 0.29) is 30.8 Å². The molecule has 1 unspecified atom stereocenters. The zero-order valence-electron chi connectivity index (χ0n) is 14.2. The summed E-state index contributed by atoms with van der Waals surface area (Å²) in [7, 11) is -3.39. The minimum atomic E-state index is -3.39. The number of hydrogen-bond donors (Lipinski definition) is 1. The molecule has 2 saturated heterocycles. The summed E-state index contributed by atoms with van der Waals surface area (Å²) < 4.78 is 27.0. The van der Waals surface area contributed by atoms with E-state index in [1.165, 1.54) is 11.3 Å². The summed E-state index contributed by atoms with van der Waals surface area (Å²) >= 11 is 1.22. The van der Waals surface area contributed by atoms with Crippen LogP contribution in [0.2, 0.25) is 0 Å². The van der Waals surface area contributed by atoms with Crippen molar-refractivity contribution in [2.45, 2.75) is 48.8 Å². The molecule has 2 fully saturated rings. The number of sulfonamides is 1. The van der Waals surface area contributed by atoms with Crippen molar-refractivity contribution < 1.29 is 13.2 Å². The molecule has 6 nitrogen and oxygen atoms in total. The molecule has 1 aromatic rings. The molecule has 0 radical (unpaired) electrons. The molecule has 0 bridgehead atoms. The predicted octanol–water partition coefficient (Wildman–Crippen LogP) is 1.84. The number of piperidine rings is 1. The highest BCUT2D eigenvalue weighted by Crippen LogP contribution is 2.28. The van der Waals surface area contributed by atoms with Crippen LogP contribution in [0.25, 0.3) is 0 Å².